The minimum absolute atomic E-state index is 0.750. The van der Waals surface area contributed by atoms with Gasteiger partial charge in [0.1, 0.15) is 0 Å². The maximum atomic E-state index is 5.73. The van der Waals surface area contributed by atoms with Crippen LogP contribution in [0, 0.1) is 0 Å². The highest BCUT2D eigenvalue weighted by Gasteiger charge is 2.00. The first-order valence-electron chi connectivity index (χ1n) is 6.63. The maximum absolute atomic E-state index is 5.73. The minimum Gasteiger partial charge on any atom is -0.382 e. The molecular formula is C12H26Cl2OSi. The molecule has 0 aliphatic rings. The van der Waals surface area contributed by atoms with Crippen molar-refractivity contribution in [2.24, 2.45) is 0 Å². The molecule has 0 radical (unpaired) electrons. The third kappa shape index (κ3) is 14.8. The van der Waals surface area contributed by atoms with Crippen molar-refractivity contribution in [1.82, 2.24) is 0 Å². The molecule has 98 valence electrons. The molecule has 0 fully saturated rings. The van der Waals surface area contributed by atoms with Crippen molar-refractivity contribution in [3.8, 4) is 0 Å². The largest absolute Gasteiger partial charge is 0.382 e. The topological polar surface area (TPSA) is 9.23 Å². The van der Waals surface area contributed by atoms with Gasteiger partial charge in [0.15, 0.2) is 0 Å². The van der Waals surface area contributed by atoms with Crippen molar-refractivity contribution in [3.63, 3.8) is 0 Å². The summed E-state index contributed by atoms with van der Waals surface area (Å²) in [6, 6.07) is 0.875. The standard InChI is InChI=1S/C12H26Cl2OSi/c1-2-3-4-5-6-7-8-9-10-15-11-12-16(13)14/h16H,2-12H2,1H3. The quantitative estimate of drug-likeness (QED) is 0.283. The van der Waals surface area contributed by atoms with Gasteiger partial charge in [-0.3, -0.25) is 0 Å². The van der Waals surface area contributed by atoms with Gasteiger partial charge < -0.3 is 4.74 Å². The number of unbranched alkanes of at least 4 members (excludes halogenated alkanes) is 7. The molecule has 0 N–H and O–H groups in total. The van der Waals surface area contributed by atoms with Gasteiger partial charge >= 0.3 is 0 Å². The van der Waals surface area contributed by atoms with Gasteiger partial charge in [-0.25, -0.2) is 0 Å². The third-order valence-corrected chi connectivity index (χ3v) is 4.60. The number of halogens is 2. The zero-order valence-electron chi connectivity index (χ0n) is 10.5. The highest BCUT2D eigenvalue weighted by molar-refractivity contribution is 7.33. The Kier molecular flexibility index (Phi) is 14.5. The fraction of sp³-hybridized carbons (Fsp3) is 1.00. The predicted molar refractivity (Wildman–Crippen MR) is 77.1 cm³/mol. The Morgan fingerprint density at radius 2 is 1.38 bits per heavy atom. The molecule has 0 aromatic heterocycles. The van der Waals surface area contributed by atoms with Gasteiger partial charge in [-0.2, -0.15) is 22.2 Å². The summed E-state index contributed by atoms with van der Waals surface area (Å²) in [5.74, 6) is 0. The van der Waals surface area contributed by atoms with E-state index in [1.807, 2.05) is 0 Å². The third-order valence-electron chi connectivity index (χ3n) is 2.62. The summed E-state index contributed by atoms with van der Waals surface area (Å²) in [5, 5.41) is 0. The van der Waals surface area contributed by atoms with Crippen LogP contribution in [0.15, 0.2) is 0 Å². The normalized spacial score (nSPS) is 11.2. The molecule has 0 heterocycles. The van der Waals surface area contributed by atoms with Gasteiger partial charge in [0.2, 0.25) is 7.42 Å². The Balaban J connectivity index is 2.88. The molecule has 0 aliphatic heterocycles. The van der Waals surface area contributed by atoms with Gasteiger partial charge in [-0.1, -0.05) is 51.9 Å². The lowest BCUT2D eigenvalue weighted by atomic mass is 10.1. The summed E-state index contributed by atoms with van der Waals surface area (Å²) >= 11 is 11.5. The van der Waals surface area contributed by atoms with E-state index in [0.717, 1.165) is 19.3 Å². The highest BCUT2D eigenvalue weighted by Crippen LogP contribution is 2.08. The van der Waals surface area contributed by atoms with E-state index < -0.39 is 7.42 Å². The van der Waals surface area contributed by atoms with Crippen molar-refractivity contribution in [2.75, 3.05) is 13.2 Å². The second-order valence-corrected chi connectivity index (χ2v) is 9.46. The minimum atomic E-state index is -1.43. The van der Waals surface area contributed by atoms with E-state index in [1.165, 1.54) is 51.4 Å². The Morgan fingerprint density at radius 1 is 0.812 bits per heavy atom. The fourth-order valence-corrected chi connectivity index (χ4v) is 2.49. The molecule has 0 aromatic rings. The van der Waals surface area contributed by atoms with E-state index >= 15 is 0 Å². The summed E-state index contributed by atoms with van der Waals surface area (Å²) in [6.07, 6.45) is 10.8. The Labute approximate surface area is 112 Å². The zero-order chi connectivity index (χ0) is 12.1. The number of rotatable bonds is 12. The van der Waals surface area contributed by atoms with E-state index in [-0.39, 0.29) is 0 Å². The van der Waals surface area contributed by atoms with Crippen molar-refractivity contribution in [3.05, 3.63) is 0 Å². The lowest BCUT2D eigenvalue weighted by molar-refractivity contribution is 0.143. The van der Waals surface area contributed by atoms with Crippen LogP contribution in [0.5, 0.6) is 0 Å². The Hall–Kier alpha value is 0.757. The summed E-state index contributed by atoms with van der Waals surface area (Å²) in [4.78, 5) is 0. The first-order valence-corrected chi connectivity index (χ1v) is 10.9. The lowest BCUT2D eigenvalue weighted by Crippen LogP contribution is -2.02. The van der Waals surface area contributed by atoms with Crippen LogP contribution >= 0.6 is 22.2 Å². The number of ether oxygens (including phenoxy) is 1. The highest BCUT2D eigenvalue weighted by atomic mass is 35.7. The van der Waals surface area contributed by atoms with Crippen LogP contribution in [-0.2, 0) is 4.74 Å². The van der Waals surface area contributed by atoms with Gasteiger partial charge in [-0.05, 0) is 12.5 Å². The first kappa shape index (κ1) is 16.8. The zero-order valence-corrected chi connectivity index (χ0v) is 13.2. The van der Waals surface area contributed by atoms with Crippen LogP contribution in [0.1, 0.15) is 58.3 Å². The van der Waals surface area contributed by atoms with Crippen molar-refractivity contribution >= 4 is 29.6 Å². The van der Waals surface area contributed by atoms with Crippen LogP contribution in [0.2, 0.25) is 6.04 Å². The average molecular weight is 285 g/mol. The van der Waals surface area contributed by atoms with Crippen LogP contribution in [0.25, 0.3) is 0 Å². The predicted octanol–water partition coefficient (Wildman–Crippen LogP) is 4.84. The molecule has 16 heavy (non-hydrogen) atoms. The Morgan fingerprint density at radius 3 is 1.94 bits per heavy atom. The molecule has 0 bridgehead atoms. The smallest absolute Gasteiger partial charge is 0.239 e. The summed E-state index contributed by atoms with van der Waals surface area (Å²) in [6.45, 7) is 3.89. The van der Waals surface area contributed by atoms with Crippen LogP contribution in [-0.4, -0.2) is 20.6 Å². The molecule has 0 aliphatic carbocycles. The monoisotopic (exact) mass is 284 g/mol. The maximum Gasteiger partial charge on any atom is 0.239 e. The molecule has 0 aromatic carbocycles. The Bertz CT molecular complexity index is 134. The van der Waals surface area contributed by atoms with Crippen LogP contribution in [0.3, 0.4) is 0 Å². The van der Waals surface area contributed by atoms with Crippen LogP contribution in [0.4, 0.5) is 0 Å². The van der Waals surface area contributed by atoms with E-state index in [4.69, 9.17) is 26.9 Å². The number of hydrogen-bond donors (Lipinski definition) is 0. The van der Waals surface area contributed by atoms with E-state index in [9.17, 15) is 0 Å². The van der Waals surface area contributed by atoms with Crippen molar-refractivity contribution < 1.29 is 4.74 Å². The van der Waals surface area contributed by atoms with Gasteiger partial charge in [0.05, 0.1) is 0 Å². The first-order chi connectivity index (χ1) is 7.77. The van der Waals surface area contributed by atoms with Gasteiger partial charge in [-0.15, -0.1) is 0 Å². The molecule has 0 rings (SSSR count). The van der Waals surface area contributed by atoms with Crippen LogP contribution < -0.4 is 0 Å². The summed E-state index contributed by atoms with van der Waals surface area (Å²) in [7, 11) is -1.43. The molecule has 0 saturated carbocycles. The molecule has 4 heteroatoms. The lowest BCUT2D eigenvalue weighted by Gasteiger charge is -2.04. The average Bonchev–Trinajstić information content (AvgIpc) is 2.25. The molecule has 0 unspecified atom stereocenters. The molecule has 1 nitrogen and oxygen atoms in total. The van der Waals surface area contributed by atoms with E-state index in [2.05, 4.69) is 6.92 Å². The molecular weight excluding hydrogens is 259 g/mol. The summed E-state index contributed by atoms with van der Waals surface area (Å²) in [5.41, 5.74) is 0. The second kappa shape index (κ2) is 13.8. The van der Waals surface area contributed by atoms with E-state index in [1.54, 1.807) is 0 Å². The molecule has 0 saturated heterocycles. The molecule has 0 atom stereocenters. The molecule has 0 amide bonds. The number of hydrogen-bond acceptors (Lipinski definition) is 1. The second-order valence-electron chi connectivity index (χ2n) is 4.27. The van der Waals surface area contributed by atoms with Gasteiger partial charge in [0.25, 0.3) is 0 Å². The fourth-order valence-electron chi connectivity index (χ4n) is 1.61. The van der Waals surface area contributed by atoms with E-state index in [0.29, 0.717) is 0 Å². The molecule has 0 spiro atoms. The van der Waals surface area contributed by atoms with Crippen molar-refractivity contribution in [2.45, 2.75) is 64.3 Å². The SMILES string of the molecule is CCCCCCCCCCOCC[SiH](Cl)Cl. The van der Waals surface area contributed by atoms with Crippen molar-refractivity contribution in [1.29, 1.82) is 0 Å². The van der Waals surface area contributed by atoms with Gasteiger partial charge in [0, 0.05) is 13.2 Å². The summed E-state index contributed by atoms with van der Waals surface area (Å²) < 4.78 is 5.46.